The van der Waals surface area contributed by atoms with Crippen LogP contribution in [-0.4, -0.2) is 11.6 Å². The molecule has 0 spiro atoms. The van der Waals surface area contributed by atoms with Gasteiger partial charge < -0.3 is 10.5 Å². The van der Waals surface area contributed by atoms with Gasteiger partial charge in [0.25, 0.3) is 0 Å². The molecule has 0 heterocycles. The number of thiocarbonyl (C=S) groups is 1. The van der Waals surface area contributed by atoms with Crippen LogP contribution in [0, 0.1) is 11.6 Å². The summed E-state index contributed by atoms with van der Waals surface area (Å²) in [5.74, 6) is -1.99. The minimum atomic E-state index is -0.970. The third kappa shape index (κ3) is 4.95. The predicted molar refractivity (Wildman–Crippen MR) is 70.2 cm³/mol. The van der Waals surface area contributed by atoms with Crippen molar-refractivity contribution in [1.29, 1.82) is 0 Å². The van der Waals surface area contributed by atoms with Crippen molar-refractivity contribution in [2.45, 2.75) is 19.3 Å². The summed E-state index contributed by atoms with van der Waals surface area (Å²) >= 11 is 7.78. The highest BCUT2D eigenvalue weighted by Gasteiger charge is 2.10. The number of unbranched alkanes of at least 4 members (excludes halogenated alkanes) is 1. The zero-order valence-corrected chi connectivity index (χ0v) is 11.4. The van der Waals surface area contributed by atoms with E-state index < -0.39 is 11.6 Å². The first-order chi connectivity index (χ1) is 8.00. The maximum absolute atomic E-state index is 13.3. The zero-order chi connectivity index (χ0) is 12.8. The third-order valence-corrected chi connectivity index (χ3v) is 2.70. The average Bonchev–Trinajstić information content (AvgIpc) is 2.23. The molecule has 2 N–H and O–H groups in total. The van der Waals surface area contributed by atoms with Gasteiger partial charge in [-0.15, -0.1) is 0 Å². The van der Waals surface area contributed by atoms with Crippen LogP contribution in [0.5, 0.6) is 5.75 Å². The summed E-state index contributed by atoms with van der Waals surface area (Å²) < 4.78 is 31.9. The van der Waals surface area contributed by atoms with Gasteiger partial charge in [-0.25, -0.2) is 4.39 Å². The van der Waals surface area contributed by atoms with Gasteiger partial charge in [-0.1, -0.05) is 28.1 Å². The number of rotatable bonds is 6. The molecular formula is C11H12BrF2NOS. The molecule has 17 heavy (non-hydrogen) atoms. The van der Waals surface area contributed by atoms with Gasteiger partial charge in [0.1, 0.15) is 0 Å². The van der Waals surface area contributed by atoms with Gasteiger partial charge >= 0.3 is 0 Å². The van der Waals surface area contributed by atoms with E-state index in [4.69, 9.17) is 22.7 Å². The molecule has 6 heteroatoms. The lowest BCUT2D eigenvalue weighted by atomic mass is 10.2. The second-order valence-electron chi connectivity index (χ2n) is 3.47. The van der Waals surface area contributed by atoms with Crippen LogP contribution in [0.3, 0.4) is 0 Å². The second kappa shape index (κ2) is 6.86. The molecule has 0 saturated carbocycles. The zero-order valence-electron chi connectivity index (χ0n) is 9.01. The third-order valence-electron chi connectivity index (χ3n) is 2.03. The van der Waals surface area contributed by atoms with E-state index in [1.807, 2.05) is 0 Å². The number of benzene rings is 1. The lowest BCUT2D eigenvalue weighted by molar-refractivity contribution is 0.287. The normalized spacial score (nSPS) is 10.3. The Morgan fingerprint density at radius 2 is 2.06 bits per heavy atom. The number of hydrogen-bond donors (Lipinski definition) is 1. The molecule has 2 nitrogen and oxygen atoms in total. The van der Waals surface area contributed by atoms with E-state index in [1.165, 1.54) is 6.07 Å². The largest absolute Gasteiger partial charge is 0.490 e. The Kier molecular flexibility index (Phi) is 5.77. The quantitative estimate of drug-likeness (QED) is 0.494. The predicted octanol–water partition coefficient (Wildman–Crippen LogP) is 3.56. The van der Waals surface area contributed by atoms with Gasteiger partial charge in [0, 0.05) is 4.47 Å². The fourth-order valence-corrected chi connectivity index (χ4v) is 1.77. The summed E-state index contributed by atoms with van der Waals surface area (Å²) in [5.41, 5.74) is 5.32. The minimum absolute atomic E-state index is 0.0906. The van der Waals surface area contributed by atoms with Crippen molar-refractivity contribution in [3.63, 3.8) is 0 Å². The molecule has 0 bridgehead atoms. The molecule has 0 aliphatic carbocycles. The Bertz CT molecular complexity index is 415. The van der Waals surface area contributed by atoms with Crippen LogP contribution in [0.4, 0.5) is 8.78 Å². The number of hydrogen-bond acceptors (Lipinski definition) is 2. The molecule has 0 aliphatic rings. The molecule has 0 radical (unpaired) electrons. The van der Waals surface area contributed by atoms with Crippen molar-refractivity contribution in [2.24, 2.45) is 5.73 Å². The molecule has 1 aromatic carbocycles. The van der Waals surface area contributed by atoms with Crippen molar-refractivity contribution in [1.82, 2.24) is 0 Å². The Balaban J connectivity index is 2.44. The van der Waals surface area contributed by atoms with E-state index in [2.05, 4.69) is 15.9 Å². The lowest BCUT2D eigenvalue weighted by Crippen LogP contribution is -2.08. The van der Waals surface area contributed by atoms with E-state index in [1.54, 1.807) is 0 Å². The number of ether oxygens (including phenoxy) is 1. The number of nitrogens with two attached hydrogens (primary N) is 1. The van der Waals surface area contributed by atoms with E-state index in [-0.39, 0.29) is 5.75 Å². The van der Waals surface area contributed by atoms with Crippen LogP contribution >= 0.6 is 28.1 Å². The van der Waals surface area contributed by atoms with Crippen molar-refractivity contribution >= 4 is 33.1 Å². The Morgan fingerprint density at radius 1 is 1.35 bits per heavy atom. The first kappa shape index (κ1) is 14.3. The van der Waals surface area contributed by atoms with Gasteiger partial charge in [0.05, 0.1) is 11.6 Å². The number of halogens is 3. The summed E-state index contributed by atoms with van der Waals surface area (Å²) in [5, 5.41) is 0. The van der Waals surface area contributed by atoms with Gasteiger partial charge in [-0.3, -0.25) is 0 Å². The fourth-order valence-electron chi connectivity index (χ4n) is 1.22. The second-order valence-corrected chi connectivity index (χ2v) is 4.91. The van der Waals surface area contributed by atoms with Crippen molar-refractivity contribution < 1.29 is 13.5 Å². The van der Waals surface area contributed by atoms with Crippen molar-refractivity contribution in [3.8, 4) is 5.75 Å². The minimum Gasteiger partial charge on any atom is -0.490 e. The SMILES string of the molecule is NC(=S)CCCCOc1cc(Br)cc(F)c1F. The summed E-state index contributed by atoms with van der Waals surface area (Å²) in [4.78, 5) is 0.449. The summed E-state index contributed by atoms with van der Waals surface area (Å²) in [6.45, 7) is 0.301. The molecule has 0 aromatic heterocycles. The first-order valence-corrected chi connectivity index (χ1v) is 6.26. The maximum atomic E-state index is 13.3. The van der Waals surface area contributed by atoms with Crippen LogP contribution in [0.2, 0.25) is 0 Å². The Morgan fingerprint density at radius 3 is 2.71 bits per heavy atom. The van der Waals surface area contributed by atoms with E-state index in [0.717, 1.165) is 12.5 Å². The van der Waals surface area contributed by atoms with Crippen molar-refractivity contribution in [3.05, 3.63) is 28.2 Å². The summed E-state index contributed by atoms with van der Waals surface area (Å²) in [6.07, 6.45) is 2.09. The van der Waals surface area contributed by atoms with Crippen LogP contribution in [0.15, 0.2) is 16.6 Å². The molecule has 0 atom stereocenters. The molecule has 0 saturated heterocycles. The van der Waals surface area contributed by atoms with E-state index >= 15 is 0 Å². The molecule has 0 fully saturated rings. The molecule has 94 valence electrons. The topological polar surface area (TPSA) is 35.2 Å². The highest BCUT2D eigenvalue weighted by Crippen LogP contribution is 2.25. The molecule has 0 aliphatic heterocycles. The monoisotopic (exact) mass is 323 g/mol. The Labute approximate surface area is 112 Å². The molecule has 0 amide bonds. The lowest BCUT2D eigenvalue weighted by Gasteiger charge is -2.08. The van der Waals surface area contributed by atoms with Crippen LogP contribution < -0.4 is 10.5 Å². The summed E-state index contributed by atoms with van der Waals surface area (Å²) in [7, 11) is 0. The smallest absolute Gasteiger partial charge is 0.200 e. The van der Waals surface area contributed by atoms with E-state index in [0.29, 0.717) is 28.9 Å². The highest BCUT2D eigenvalue weighted by atomic mass is 79.9. The Hall–Kier alpha value is -0.750. The molecular weight excluding hydrogens is 312 g/mol. The van der Waals surface area contributed by atoms with Gasteiger partial charge in [0.2, 0.25) is 5.82 Å². The van der Waals surface area contributed by atoms with Gasteiger partial charge in [0.15, 0.2) is 11.6 Å². The van der Waals surface area contributed by atoms with Crippen LogP contribution in [0.25, 0.3) is 0 Å². The first-order valence-electron chi connectivity index (χ1n) is 5.06. The molecule has 0 unspecified atom stereocenters. The van der Waals surface area contributed by atoms with E-state index in [9.17, 15) is 8.78 Å². The fraction of sp³-hybridized carbons (Fsp3) is 0.364. The highest BCUT2D eigenvalue weighted by molar-refractivity contribution is 9.10. The summed E-state index contributed by atoms with van der Waals surface area (Å²) in [6, 6.07) is 2.45. The van der Waals surface area contributed by atoms with Crippen LogP contribution in [-0.2, 0) is 0 Å². The molecule has 1 aromatic rings. The average molecular weight is 324 g/mol. The standard InChI is InChI=1S/C11H12BrF2NOS/c12-7-5-8(13)11(14)9(6-7)16-4-2-1-3-10(15)17/h5-6H,1-4H2,(H2,15,17). The van der Waals surface area contributed by atoms with Crippen LogP contribution in [0.1, 0.15) is 19.3 Å². The van der Waals surface area contributed by atoms with Gasteiger partial charge in [-0.2, -0.15) is 4.39 Å². The van der Waals surface area contributed by atoms with Gasteiger partial charge in [-0.05, 0) is 31.4 Å². The maximum Gasteiger partial charge on any atom is 0.200 e. The van der Waals surface area contributed by atoms with Crippen molar-refractivity contribution in [2.75, 3.05) is 6.61 Å². The molecule has 1 rings (SSSR count).